The first-order chi connectivity index (χ1) is 8.01. The van der Waals surface area contributed by atoms with Gasteiger partial charge in [0.2, 0.25) is 5.91 Å². The van der Waals surface area contributed by atoms with Crippen molar-refractivity contribution in [2.24, 2.45) is 11.7 Å². The van der Waals surface area contributed by atoms with Gasteiger partial charge in [-0.1, -0.05) is 0 Å². The predicted molar refractivity (Wildman–Crippen MR) is 60.1 cm³/mol. The molecule has 0 heterocycles. The number of nitrogens with two attached hydrogens (primary N) is 1. The Morgan fingerprint density at radius 3 is 2.24 bits per heavy atom. The Balaban J connectivity index is 3.63. The van der Waals surface area contributed by atoms with E-state index in [4.69, 9.17) is 21.1 Å². The first kappa shape index (κ1) is 15.8. The molecule has 0 radical (unpaired) electrons. The van der Waals surface area contributed by atoms with E-state index in [1.165, 1.54) is 0 Å². The molecule has 0 unspecified atom stereocenters. The first-order valence-electron chi connectivity index (χ1n) is 5.48. The summed E-state index contributed by atoms with van der Waals surface area (Å²) >= 11 is 0. The average Bonchev–Trinajstić information content (AvgIpc) is 2.31. The van der Waals surface area contributed by atoms with Gasteiger partial charge in [-0.3, -0.25) is 9.59 Å². The normalized spacial score (nSPS) is 12.5. The monoisotopic (exact) mass is 248 g/mol. The molecule has 17 heavy (non-hydrogen) atoms. The SMILES string of the molecule is N[C@@H](CCC(=O)NCCC(CO)CO)C(=O)O. The van der Waals surface area contributed by atoms with Crippen molar-refractivity contribution in [3.63, 3.8) is 0 Å². The van der Waals surface area contributed by atoms with Crippen LogP contribution in [-0.4, -0.2) is 53.0 Å². The molecule has 7 heteroatoms. The van der Waals surface area contributed by atoms with Gasteiger partial charge in [-0.25, -0.2) is 0 Å². The highest BCUT2D eigenvalue weighted by Gasteiger charge is 2.13. The lowest BCUT2D eigenvalue weighted by Gasteiger charge is -2.11. The Kier molecular flexibility index (Phi) is 8.29. The Labute approximate surface area is 99.6 Å². The van der Waals surface area contributed by atoms with Crippen molar-refractivity contribution in [3.8, 4) is 0 Å². The van der Waals surface area contributed by atoms with Crippen LogP contribution in [0.5, 0.6) is 0 Å². The largest absolute Gasteiger partial charge is 0.480 e. The molecule has 0 saturated carbocycles. The highest BCUT2D eigenvalue weighted by molar-refractivity contribution is 5.78. The second kappa shape index (κ2) is 8.91. The van der Waals surface area contributed by atoms with E-state index in [0.717, 1.165) is 0 Å². The minimum atomic E-state index is -1.13. The Bertz CT molecular complexity index is 243. The molecule has 1 amide bonds. The molecule has 0 aromatic heterocycles. The molecule has 0 spiro atoms. The lowest BCUT2D eigenvalue weighted by Crippen LogP contribution is -2.33. The summed E-state index contributed by atoms with van der Waals surface area (Å²) in [6.07, 6.45) is 0.616. The van der Waals surface area contributed by atoms with Gasteiger partial charge in [0, 0.05) is 32.1 Å². The second-order valence-electron chi connectivity index (χ2n) is 3.85. The molecular weight excluding hydrogens is 228 g/mol. The number of hydrogen-bond donors (Lipinski definition) is 5. The van der Waals surface area contributed by atoms with E-state index < -0.39 is 12.0 Å². The summed E-state index contributed by atoms with van der Waals surface area (Å²) in [4.78, 5) is 21.6. The van der Waals surface area contributed by atoms with E-state index in [9.17, 15) is 9.59 Å². The van der Waals surface area contributed by atoms with Gasteiger partial charge >= 0.3 is 5.97 Å². The molecule has 1 atom stereocenters. The van der Waals surface area contributed by atoms with Crippen LogP contribution in [0, 0.1) is 5.92 Å². The number of aliphatic hydroxyl groups excluding tert-OH is 2. The molecule has 0 aliphatic rings. The van der Waals surface area contributed by atoms with Crippen molar-refractivity contribution >= 4 is 11.9 Å². The molecular formula is C10H20N2O5. The van der Waals surface area contributed by atoms with E-state index >= 15 is 0 Å². The van der Waals surface area contributed by atoms with Crippen molar-refractivity contribution in [2.45, 2.75) is 25.3 Å². The Hall–Kier alpha value is -1.18. The molecule has 0 aromatic rings. The van der Waals surface area contributed by atoms with Gasteiger partial charge in [0.1, 0.15) is 6.04 Å². The quantitative estimate of drug-likeness (QED) is 0.330. The minimum Gasteiger partial charge on any atom is -0.480 e. The van der Waals surface area contributed by atoms with Gasteiger partial charge in [0.05, 0.1) is 0 Å². The molecule has 0 aromatic carbocycles. The number of nitrogens with one attached hydrogen (secondary N) is 1. The zero-order valence-electron chi connectivity index (χ0n) is 9.63. The van der Waals surface area contributed by atoms with E-state index in [1.54, 1.807) is 0 Å². The van der Waals surface area contributed by atoms with Gasteiger partial charge in [-0.05, 0) is 12.8 Å². The smallest absolute Gasteiger partial charge is 0.320 e. The third kappa shape index (κ3) is 7.67. The third-order valence-electron chi connectivity index (χ3n) is 2.39. The van der Waals surface area contributed by atoms with Gasteiger partial charge in [-0.2, -0.15) is 0 Å². The number of amides is 1. The van der Waals surface area contributed by atoms with E-state index in [2.05, 4.69) is 5.32 Å². The molecule has 0 aliphatic carbocycles. The first-order valence-corrected chi connectivity index (χ1v) is 5.48. The van der Waals surface area contributed by atoms with Crippen LogP contribution < -0.4 is 11.1 Å². The molecule has 0 saturated heterocycles. The Morgan fingerprint density at radius 1 is 1.18 bits per heavy atom. The molecule has 0 aliphatic heterocycles. The number of aliphatic hydroxyl groups is 2. The van der Waals surface area contributed by atoms with E-state index in [1.807, 2.05) is 0 Å². The van der Waals surface area contributed by atoms with Gasteiger partial charge in [-0.15, -0.1) is 0 Å². The zero-order chi connectivity index (χ0) is 13.3. The Morgan fingerprint density at radius 2 is 1.76 bits per heavy atom. The van der Waals surface area contributed by atoms with Gasteiger partial charge in [0.25, 0.3) is 0 Å². The molecule has 0 bridgehead atoms. The number of aliphatic carboxylic acids is 1. The zero-order valence-corrected chi connectivity index (χ0v) is 9.63. The fraction of sp³-hybridized carbons (Fsp3) is 0.800. The molecule has 0 rings (SSSR count). The average molecular weight is 248 g/mol. The van der Waals surface area contributed by atoms with Crippen molar-refractivity contribution in [1.29, 1.82) is 0 Å². The number of carbonyl (C=O) groups is 2. The van der Waals surface area contributed by atoms with Crippen molar-refractivity contribution in [2.75, 3.05) is 19.8 Å². The molecule has 6 N–H and O–H groups in total. The maximum atomic E-state index is 11.2. The fourth-order valence-corrected chi connectivity index (χ4v) is 1.15. The number of carboxylic acid groups (broad SMARTS) is 1. The topological polar surface area (TPSA) is 133 Å². The predicted octanol–water partition coefficient (Wildman–Crippen LogP) is -1.71. The summed E-state index contributed by atoms with van der Waals surface area (Å²) in [6, 6.07) is -1.02. The van der Waals surface area contributed by atoms with Crippen LogP contribution in [-0.2, 0) is 9.59 Å². The summed E-state index contributed by atoms with van der Waals surface area (Å²) in [7, 11) is 0. The van der Waals surface area contributed by atoms with Crippen LogP contribution in [0.4, 0.5) is 0 Å². The summed E-state index contributed by atoms with van der Waals surface area (Å²) in [5.74, 6) is -1.65. The maximum Gasteiger partial charge on any atom is 0.320 e. The standard InChI is InChI=1S/C10H20N2O5/c11-8(10(16)17)1-2-9(15)12-4-3-7(5-13)6-14/h7-8,13-14H,1-6,11H2,(H,12,15)(H,16,17)/t8-/m0/s1. The summed E-state index contributed by atoms with van der Waals surface area (Å²) < 4.78 is 0. The third-order valence-corrected chi connectivity index (χ3v) is 2.39. The highest BCUT2D eigenvalue weighted by Crippen LogP contribution is 1.99. The highest BCUT2D eigenvalue weighted by atomic mass is 16.4. The van der Waals surface area contributed by atoms with E-state index in [0.29, 0.717) is 13.0 Å². The lowest BCUT2D eigenvalue weighted by molar-refractivity contribution is -0.138. The molecule has 0 fully saturated rings. The molecule has 100 valence electrons. The van der Waals surface area contributed by atoms with Crippen molar-refractivity contribution < 1.29 is 24.9 Å². The van der Waals surface area contributed by atoms with Crippen LogP contribution in [0.25, 0.3) is 0 Å². The van der Waals surface area contributed by atoms with Crippen LogP contribution in [0.15, 0.2) is 0 Å². The van der Waals surface area contributed by atoms with Gasteiger partial charge in [0.15, 0.2) is 0 Å². The maximum absolute atomic E-state index is 11.2. The van der Waals surface area contributed by atoms with Crippen LogP contribution in [0.2, 0.25) is 0 Å². The lowest BCUT2D eigenvalue weighted by atomic mass is 10.1. The van der Waals surface area contributed by atoms with Crippen LogP contribution in [0.1, 0.15) is 19.3 Å². The van der Waals surface area contributed by atoms with Crippen molar-refractivity contribution in [1.82, 2.24) is 5.32 Å². The number of hydrogen-bond acceptors (Lipinski definition) is 5. The van der Waals surface area contributed by atoms with Crippen LogP contribution in [0.3, 0.4) is 0 Å². The van der Waals surface area contributed by atoms with Crippen molar-refractivity contribution in [3.05, 3.63) is 0 Å². The minimum absolute atomic E-state index is 0.0520. The number of rotatable bonds is 9. The number of carbonyl (C=O) groups excluding carboxylic acids is 1. The summed E-state index contributed by atoms with van der Waals surface area (Å²) in [5, 5.41) is 28.6. The number of carboxylic acids is 1. The molecule has 7 nitrogen and oxygen atoms in total. The van der Waals surface area contributed by atoms with Crippen LogP contribution >= 0.6 is 0 Å². The fourth-order valence-electron chi connectivity index (χ4n) is 1.15. The van der Waals surface area contributed by atoms with Gasteiger partial charge < -0.3 is 26.4 Å². The van der Waals surface area contributed by atoms with E-state index in [-0.39, 0.29) is 37.9 Å². The second-order valence-corrected chi connectivity index (χ2v) is 3.85. The summed E-state index contributed by atoms with van der Waals surface area (Å²) in [5.41, 5.74) is 5.24. The summed E-state index contributed by atoms with van der Waals surface area (Å²) in [6.45, 7) is 0.0828.